The topological polar surface area (TPSA) is 44.1 Å². The van der Waals surface area contributed by atoms with Crippen LogP contribution in [-0.4, -0.2) is 9.78 Å². The van der Waals surface area contributed by atoms with E-state index >= 15 is 0 Å². The van der Waals surface area contributed by atoms with Crippen molar-refractivity contribution in [3.8, 4) is 11.5 Å². The van der Waals surface area contributed by atoms with Gasteiger partial charge in [0.15, 0.2) is 10.8 Å². The lowest BCUT2D eigenvalue weighted by molar-refractivity contribution is 0.473. The number of nitrogens with zero attached hydrogens (tertiary/aromatic N) is 2. The van der Waals surface area contributed by atoms with Crippen LogP contribution in [-0.2, 0) is 7.05 Å². The Hall–Kier alpha value is -1.52. The second-order valence-corrected chi connectivity index (χ2v) is 4.57. The molecule has 0 N–H and O–H groups in total. The smallest absolute Gasteiger partial charge is 0.289 e. The molecule has 0 fully saturated rings. The van der Waals surface area contributed by atoms with Gasteiger partial charge in [-0.25, -0.2) is 4.68 Å². The molecule has 1 aromatic heterocycles. The van der Waals surface area contributed by atoms with Gasteiger partial charge in [0.1, 0.15) is 5.75 Å². The average Bonchev–Trinajstić information content (AvgIpc) is 2.33. The van der Waals surface area contributed by atoms with Crippen LogP contribution in [0.3, 0.4) is 0 Å². The van der Waals surface area contributed by atoms with Crippen molar-refractivity contribution in [1.82, 2.24) is 9.78 Å². The molecule has 0 saturated heterocycles. The Bertz CT molecular complexity index is 653. The first kappa shape index (κ1) is 12.9. The standard InChI is InChI=1S/C12H10Cl2N2O2/c1-7-3-4-9(8(13)5-7)18-10-6-15-16(2)12(17)11(10)14/h3-6H,1-2H3. The van der Waals surface area contributed by atoms with Gasteiger partial charge in [-0.3, -0.25) is 4.79 Å². The predicted octanol–water partition coefficient (Wildman–Crippen LogP) is 3.19. The fourth-order valence-corrected chi connectivity index (χ4v) is 1.86. The van der Waals surface area contributed by atoms with Crippen molar-refractivity contribution in [2.45, 2.75) is 6.92 Å². The Kier molecular flexibility index (Phi) is 3.59. The highest BCUT2D eigenvalue weighted by Crippen LogP contribution is 2.31. The van der Waals surface area contributed by atoms with Gasteiger partial charge >= 0.3 is 0 Å². The minimum Gasteiger partial charge on any atom is -0.452 e. The largest absolute Gasteiger partial charge is 0.452 e. The van der Waals surface area contributed by atoms with E-state index in [1.54, 1.807) is 12.1 Å². The Morgan fingerprint density at radius 1 is 1.28 bits per heavy atom. The van der Waals surface area contributed by atoms with E-state index in [1.807, 2.05) is 13.0 Å². The lowest BCUT2D eigenvalue weighted by atomic mass is 10.2. The Morgan fingerprint density at radius 3 is 2.67 bits per heavy atom. The van der Waals surface area contributed by atoms with Crippen LogP contribution in [0.2, 0.25) is 10.0 Å². The van der Waals surface area contributed by atoms with Crippen molar-refractivity contribution >= 4 is 23.2 Å². The molecule has 0 saturated carbocycles. The highest BCUT2D eigenvalue weighted by Gasteiger charge is 2.11. The van der Waals surface area contributed by atoms with Gasteiger partial charge in [0, 0.05) is 7.05 Å². The first-order valence-electron chi connectivity index (χ1n) is 5.15. The summed E-state index contributed by atoms with van der Waals surface area (Å²) in [6.07, 6.45) is 1.37. The summed E-state index contributed by atoms with van der Waals surface area (Å²) in [7, 11) is 1.51. The summed E-state index contributed by atoms with van der Waals surface area (Å²) < 4.78 is 6.62. The van der Waals surface area contributed by atoms with Crippen LogP contribution < -0.4 is 10.3 Å². The van der Waals surface area contributed by atoms with Gasteiger partial charge in [-0.2, -0.15) is 5.10 Å². The number of aryl methyl sites for hydroxylation is 2. The molecule has 0 atom stereocenters. The zero-order valence-corrected chi connectivity index (χ0v) is 11.3. The molecular weight excluding hydrogens is 275 g/mol. The molecule has 6 heteroatoms. The molecular formula is C12H10Cl2N2O2. The second-order valence-electron chi connectivity index (χ2n) is 3.79. The summed E-state index contributed by atoms with van der Waals surface area (Å²) >= 11 is 11.9. The second kappa shape index (κ2) is 5.00. The molecule has 0 amide bonds. The first-order valence-corrected chi connectivity index (χ1v) is 5.90. The third kappa shape index (κ3) is 2.49. The van der Waals surface area contributed by atoms with Crippen LogP contribution in [0.15, 0.2) is 29.2 Å². The molecule has 0 radical (unpaired) electrons. The van der Waals surface area contributed by atoms with Crippen molar-refractivity contribution in [2.24, 2.45) is 7.05 Å². The number of rotatable bonds is 2. The van der Waals surface area contributed by atoms with E-state index in [1.165, 1.54) is 13.2 Å². The fourth-order valence-electron chi connectivity index (χ4n) is 1.37. The summed E-state index contributed by atoms with van der Waals surface area (Å²) in [5.41, 5.74) is 0.595. The van der Waals surface area contributed by atoms with Crippen LogP contribution in [0.4, 0.5) is 0 Å². The van der Waals surface area contributed by atoms with E-state index in [0.717, 1.165) is 10.2 Å². The molecule has 0 spiro atoms. The molecule has 0 aliphatic rings. The van der Waals surface area contributed by atoms with Gasteiger partial charge in [-0.15, -0.1) is 0 Å². The van der Waals surface area contributed by atoms with Crippen molar-refractivity contribution in [2.75, 3.05) is 0 Å². The van der Waals surface area contributed by atoms with Crippen LogP contribution >= 0.6 is 23.2 Å². The lowest BCUT2D eigenvalue weighted by Gasteiger charge is -2.09. The molecule has 1 aromatic carbocycles. The van der Waals surface area contributed by atoms with E-state index in [-0.39, 0.29) is 10.8 Å². The van der Waals surface area contributed by atoms with Crippen molar-refractivity contribution in [3.05, 3.63) is 50.4 Å². The highest BCUT2D eigenvalue weighted by atomic mass is 35.5. The van der Waals surface area contributed by atoms with Crippen molar-refractivity contribution in [3.63, 3.8) is 0 Å². The molecule has 0 bridgehead atoms. The van der Waals surface area contributed by atoms with Crippen molar-refractivity contribution in [1.29, 1.82) is 0 Å². The minimum absolute atomic E-state index is 0.0239. The van der Waals surface area contributed by atoms with Gasteiger partial charge in [0.2, 0.25) is 0 Å². The zero-order chi connectivity index (χ0) is 13.3. The van der Waals surface area contributed by atoms with Crippen LogP contribution in [0, 0.1) is 6.92 Å². The number of ether oxygens (including phenoxy) is 1. The monoisotopic (exact) mass is 284 g/mol. The fraction of sp³-hybridized carbons (Fsp3) is 0.167. The SMILES string of the molecule is Cc1ccc(Oc2cnn(C)c(=O)c2Cl)c(Cl)c1. The Balaban J connectivity index is 2.40. The number of halogens is 2. The minimum atomic E-state index is -0.419. The third-order valence-corrected chi connectivity index (χ3v) is 3.00. The van der Waals surface area contributed by atoms with E-state index in [2.05, 4.69) is 5.10 Å². The van der Waals surface area contributed by atoms with Crippen LogP contribution in [0.25, 0.3) is 0 Å². The summed E-state index contributed by atoms with van der Waals surface area (Å²) in [4.78, 5) is 11.6. The maximum atomic E-state index is 11.6. The molecule has 1 heterocycles. The zero-order valence-electron chi connectivity index (χ0n) is 9.78. The van der Waals surface area contributed by atoms with Gasteiger partial charge in [0.25, 0.3) is 5.56 Å². The van der Waals surface area contributed by atoms with E-state index < -0.39 is 5.56 Å². The lowest BCUT2D eigenvalue weighted by Crippen LogP contribution is -2.19. The number of hydrogen-bond acceptors (Lipinski definition) is 3. The molecule has 2 rings (SSSR count). The molecule has 2 aromatic rings. The molecule has 94 valence electrons. The first-order chi connectivity index (χ1) is 8.49. The normalized spacial score (nSPS) is 10.4. The van der Waals surface area contributed by atoms with Gasteiger partial charge in [-0.05, 0) is 24.6 Å². The summed E-state index contributed by atoms with van der Waals surface area (Å²) in [5.74, 6) is 0.615. The summed E-state index contributed by atoms with van der Waals surface area (Å²) in [5, 5.41) is 4.26. The molecule has 4 nitrogen and oxygen atoms in total. The van der Waals surface area contributed by atoms with Gasteiger partial charge in [-0.1, -0.05) is 29.3 Å². The predicted molar refractivity (Wildman–Crippen MR) is 70.8 cm³/mol. The highest BCUT2D eigenvalue weighted by molar-refractivity contribution is 6.32. The number of hydrogen-bond donors (Lipinski definition) is 0. The van der Waals surface area contributed by atoms with Gasteiger partial charge in [0.05, 0.1) is 11.2 Å². The molecule has 0 aliphatic heterocycles. The third-order valence-electron chi connectivity index (χ3n) is 2.35. The Labute approximate surface area is 114 Å². The molecule has 0 unspecified atom stereocenters. The van der Waals surface area contributed by atoms with E-state index in [0.29, 0.717) is 10.8 Å². The van der Waals surface area contributed by atoms with E-state index in [9.17, 15) is 4.79 Å². The van der Waals surface area contributed by atoms with Crippen LogP contribution in [0.1, 0.15) is 5.56 Å². The number of aromatic nitrogens is 2. The van der Waals surface area contributed by atoms with Gasteiger partial charge < -0.3 is 4.74 Å². The Morgan fingerprint density at radius 2 is 2.00 bits per heavy atom. The van der Waals surface area contributed by atoms with Crippen LogP contribution in [0.5, 0.6) is 11.5 Å². The summed E-state index contributed by atoms with van der Waals surface area (Å²) in [6.45, 7) is 1.92. The average molecular weight is 285 g/mol. The summed E-state index contributed by atoms with van der Waals surface area (Å²) in [6, 6.07) is 5.33. The number of benzene rings is 1. The molecule has 0 aliphatic carbocycles. The van der Waals surface area contributed by atoms with E-state index in [4.69, 9.17) is 27.9 Å². The molecule has 18 heavy (non-hydrogen) atoms. The maximum absolute atomic E-state index is 11.6. The quantitative estimate of drug-likeness (QED) is 0.851. The van der Waals surface area contributed by atoms with Crippen molar-refractivity contribution < 1.29 is 4.74 Å². The maximum Gasteiger partial charge on any atom is 0.289 e.